The van der Waals surface area contributed by atoms with Crippen LogP contribution in [0.25, 0.3) is 5.69 Å². The maximum atomic E-state index is 6.07. The first kappa shape index (κ1) is 10.5. The number of halogens is 2. The highest BCUT2D eigenvalue weighted by Gasteiger charge is 2.07. The van der Waals surface area contributed by atoms with E-state index >= 15 is 0 Å². The number of nitrogens with zero attached hydrogens (tertiary/aromatic N) is 2. The number of hydrogen-bond acceptors (Lipinski definition) is 2. The average molecular weight is 242 g/mol. The molecule has 2 N–H and O–H groups in total. The van der Waals surface area contributed by atoms with Crippen LogP contribution in [-0.4, -0.2) is 9.55 Å². The van der Waals surface area contributed by atoms with Crippen molar-refractivity contribution in [3.8, 4) is 5.69 Å². The Morgan fingerprint density at radius 1 is 1.33 bits per heavy atom. The SMILES string of the molecule is NCc1cncn1-c1cc(Cl)ccc1Cl. The summed E-state index contributed by atoms with van der Waals surface area (Å²) in [5.41, 5.74) is 7.27. The zero-order chi connectivity index (χ0) is 10.8. The van der Waals surface area contributed by atoms with Crippen molar-refractivity contribution in [2.24, 2.45) is 5.73 Å². The van der Waals surface area contributed by atoms with Crippen LogP contribution in [0.3, 0.4) is 0 Å². The minimum atomic E-state index is 0.406. The second-order valence-corrected chi connectivity index (χ2v) is 3.90. The lowest BCUT2D eigenvalue weighted by molar-refractivity contribution is 0.910. The summed E-state index contributed by atoms with van der Waals surface area (Å²) < 4.78 is 1.83. The molecule has 0 fully saturated rings. The van der Waals surface area contributed by atoms with Gasteiger partial charge in [0.1, 0.15) is 0 Å². The highest BCUT2D eigenvalue weighted by atomic mass is 35.5. The Bertz CT molecular complexity index is 479. The van der Waals surface area contributed by atoms with Crippen molar-refractivity contribution in [3.05, 3.63) is 46.5 Å². The third-order valence-corrected chi connectivity index (χ3v) is 2.65. The maximum absolute atomic E-state index is 6.07. The third kappa shape index (κ3) is 2.00. The van der Waals surface area contributed by atoms with Crippen LogP contribution in [0.2, 0.25) is 10.0 Å². The van der Waals surface area contributed by atoms with Crippen LogP contribution < -0.4 is 5.73 Å². The van der Waals surface area contributed by atoms with Crippen molar-refractivity contribution >= 4 is 23.2 Å². The van der Waals surface area contributed by atoms with Gasteiger partial charge in [0.2, 0.25) is 0 Å². The van der Waals surface area contributed by atoms with Gasteiger partial charge in [0.25, 0.3) is 0 Å². The maximum Gasteiger partial charge on any atom is 0.0995 e. The van der Waals surface area contributed by atoms with Crippen molar-refractivity contribution in [3.63, 3.8) is 0 Å². The minimum Gasteiger partial charge on any atom is -0.325 e. The molecule has 0 radical (unpaired) electrons. The molecule has 2 rings (SSSR count). The zero-order valence-electron chi connectivity index (χ0n) is 7.82. The molecule has 0 bridgehead atoms. The Morgan fingerprint density at radius 2 is 2.13 bits per heavy atom. The molecule has 78 valence electrons. The summed E-state index contributed by atoms with van der Waals surface area (Å²) in [6.45, 7) is 0.406. The molecular weight excluding hydrogens is 233 g/mol. The number of benzene rings is 1. The van der Waals surface area contributed by atoms with E-state index in [1.807, 2.05) is 4.57 Å². The third-order valence-electron chi connectivity index (χ3n) is 2.09. The van der Waals surface area contributed by atoms with E-state index in [0.29, 0.717) is 16.6 Å². The molecule has 0 aliphatic carbocycles. The van der Waals surface area contributed by atoms with Gasteiger partial charge in [-0.2, -0.15) is 0 Å². The fourth-order valence-electron chi connectivity index (χ4n) is 1.36. The molecule has 0 unspecified atom stereocenters. The summed E-state index contributed by atoms with van der Waals surface area (Å²) in [5.74, 6) is 0. The summed E-state index contributed by atoms with van der Waals surface area (Å²) in [6.07, 6.45) is 3.37. The van der Waals surface area contributed by atoms with Crippen molar-refractivity contribution < 1.29 is 0 Å². The lowest BCUT2D eigenvalue weighted by atomic mass is 10.3. The van der Waals surface area contributed by atoms with Gasteiger partial charge in [-0.1, -0.05) is 23.2 Å². The number of imidazole rings is 1. The van der Waals surface area contributed by atoms with Gasteiger partial charge in [-0.05, 0) is 18.2 Å². The Hall–Kier alpha value is -1.03. The second kappa shape index (κ2) is 4.23. The normalized spacial score (nSPS) is 10.6. The van der Waals surface area contributed by atoms with Gasteiger partial charge >= 0.3 is 0 Å². The monoisotopic (exact) mass is 241 g/mol. The van der Waals surface area contributed by atoms with E-state index in [-0.39, 0.29) is 0 Å². The second-order valence-electron chi connectivity index (χ2n) is 3.05. The Labute approximate surface area is 97.4 Å². The molecule has 2 aromatic rings. The van der Waals surface area contributed by atoms with E-state index in [1.165, 1.54) is 0 Å². The van der Waals surface area contributed by atoms with Gasteiger partial charge in [0.05, 0.1) is 22.7 Å². The fraction of sp³-hybridized carbons (Fsp3) is 0.100. The number of hydrogen-bond donors (Lipinski definition) is 1. The summed E-state index contributed by atoms with van der Waals surface area (Å²) in [6, 6.07) is 5.27. The largest absolute Gasteiger partial charge is 0.325 e. The molecule has 1 aromatic heterocycles. The molecule has 5 heteroatoms. The first-order valence-electron chi connectivity index (χ1n) is 4.39. The first-order valence-corrected chi connectivity index (χ1v) is 5.14. The molecule has 0 aliphatic heterocycles. The van der Waals surface area contributed by atoms with Crippen molar-refractivity contribution in [2.45, 2.75) is 6.54 Å². The molecule has 15 heavy (non-hydrogen) atoms. The predicted octanol–water partition coefficient (Wildman–Crippen LogP) is 2.64. The molecule has 1 aromatic carbocycles. The molecule has 0 amide bonds. The molecule has 3 nitrogen and oxygen atoms in total. The van der Waals surface area contributed by atoms with Crippen molar-refractivity contribution in [1.29, 1.82) is 0 Å². The standard InChI is InChI=1S/C10H9Cl2N3/c11-7-1-2-9(12)10(3-7)15-6-14-5-8(15)4-13/h1-3,5-6H,4,13H2. The Kier molecular flexibility index (Phi) is 2.95. The zero-order valence-corrected chi connectivity index (χ0v) is 9.33. The molecule has 0 atom stereocenters. The lowest BCUT2D eigenvalue weighted by Crippen LogP contribution is -2.04. The van der Waals surface area contributed by atoms with Crippen molar-refractivity contribution in [2.75, 3.05) is 0 Å². The van der Waals surface area contributed by atoms with Crippen LogP contribution in [-0.2, 0) is 6.54 Å². The minimum absolute atomic E-state index is 0.406. The van der Waals surface area contributed by atoms with E-state index in [1.54, 1.807) is 30.7 Å². The Morgan fingerprint density at radius 3 is 2.87 bits per heavy atom. The highest BCUT2D eigenvalue weighted by molar-refractivity contribution is 6.34. The average Bonchev–Trinajstić information content (AvgIpc) is 2.69. The molecule has 1 heterocycles. The van der Waals surface area contributed by atoms with Gasteiger partial charge in [0, 0.05) is 17.8 Å². The molecule has 0 saturated carbocycles. The van der Waals surface area contributed by atoms with E-state index < -0.39 is 0 Å². The fourth-order valence-corrected chi connectivity index (χ4v) is 1.74. The summed E-state index contributed by atoms with van der Waals surface area (Å²) in [4.78, 5) is 4.02. The Balaban J connectivity index is 2.58. The van der Waals surface area contributed by atoms with E-state index in [9.17, 15) is 0 Å². The molecule has 0 saturated heterocycles. The predicted molar refractivity (Wildman–Crippen MR) is 61.5 cm³/mol. The van der Waals surface area contributed by atoms with Gasteiger partial charge in [0.15, 0.2) is 0 Å². The van der Waals surface area contributed by atoms with Crippen LogP contribution in [0.5, 0.6) is 0 Å². The quantitative estimate of drug-likeness (QED) is 0.879. The molecule has 0 spiro atoms. The molecule has 0 aliphatic rings. The van der Waals surface area contributed by atoms with Crippen LogP contribution in [0.15, 0.2) is 30.7 Å². The smallest absolute Gasteiger partial charge is 0.0995 e. The van der Waals surface area contributed by atoms with E-state index in [2.05, 4.69) is 4.98 Å². The van der Waals surface area contributed by atoms with Crippen LogP contribution >= 0.6 is 23.2 Å². The first-order chi connectivity index (χ1) is 7.22. The number of rotatable bonds is 2. The molecular formula is C10H9Cl2N3. The van der Waals surface area contributed by atoms with Gasteiger partial charge in [-0.25, -0.2) is 4.98 Å². The lowest BCUT2D eigenvalue weighted by Gasteiger charge is -2.08. The highest BCUT2D eigenvalue weighted by Crippen LogP contribution is 2.25. The van der Waals surface area contributed by atoms with E-state index in [4.69, 9.17) is 28.9 Å². The summed E-state index contributed by atoms with van der Waals surface area (Å²) in [7, 11) is 0. The van der Waals surface area contributed by atoms with Crippen LogP contribution in [0, 0.1) is 0 Å². The number of nitrogens with two attached hydrogens (primary N) is 1. The van der Waals surface area contributed by atoms with Crippen LogP contribution in [0.4, 0.5) is 0 Å². The number of aromatic nitrogens is 2. The van der Waals surface area contributed by atoms with Gasteiger partial charge < -0.3 is 10.3 Å². The van der Waals surface area contributed by atoms with Gasteiger partial charge in [-0.3, -0.25) is 0 Å². The van der Waals surface area contributed by atoms with E-state index in [0.717, 1.165) is 11.4 Å². The topological polar surface area (TPSA) is 43.8 Å². The van der Waals surface area contributed by atoms with Crippen molar-refractivity contribution in [1.82, 2.24) is 9.55 Å². The van der Waals surface area contributed by atoms with Gasteiger partial charge in [-0.15, -0.1) is 0 Å². The van der Waals surface area contributed by atoms with Crippen LogP contribution in [0.1, 0.15) is 5.69 Å². The summed E-state index contributed by atoms with van der Waals surface area (Å²) in [5, 5.41) is 1.25. The summed E-state index contributed by atoms with van der Waals surface area (Å²) >= 11 is 12.0.